The number of halogens is 3. The zero-order valence-electron chi connectivity index (χ0n) is 17.7. The van der Waals surface area contributed by atoms with Gasteiger partial charge in [-0.2, -0.15) is 0 Å². The van der Waals surface area contributed by atoms with E-state index in [2.05, 4.69) is 21.7 Å². The molecule has 0 radical (unpaired) electrons. The molecule has 34 heavy (non-hydrogen) atoms. The minimum absolute atomic E-state index is 0.328. The van der Waals surface area contributed by atoms with Crippen molar-refractivity contribution >= 4 is 70.3 Å². The number of nitrogens with zero attached hydrogens (tertiary/aromatic N) is 2. The van der Waals surface area contributed by atoms with Gasteiger partial charge in [-0.1, -0.05) is 53.0 Å². The summed E-state index contributed by atoms with van der Waals surface area (Å²) in [4.78, 5) is 23.2. The smallest absolute Gasteiger partial charge is 0.328 e. The third-order valence-electron chi connectivity index (χ3n) is 4.17. The van der Waals surface area contributed by atoms with E-state index in [1.54, 1.807) is 12.3 Å². The van der Waals surface area contributed by atoms with Crippen molar-refractivity contribution in [2.24, 2.45) is 0 Å². The molecule has 1 unspecified atom stereocenters. The molecule has 0 aliphatic heterocycles. The second-order valence-corrected chi connectivity index (χ2v) is 10.5. The quantitative estimate of drug-likeness (QED) is 0.158. The van der Waals surface area contributed by atoms with Crippen LogP contribution in [0.15, 0.2) is 73.3 Å². The number of carboxylic acid groups (broad SMARTS) is 2. The number of hydrogen-bond donors (Lipinski definition) is 2. The van der Waals surface area contributed by atoms with E-state index >= 15 is 0 Å². The third-order valence-corrected chi connectivity index (χ3v) is 7.56. The molecule has 11 heteroatoms. The van der Waals surface area contributed by atoms with Crippen LogP contribution in [-0.2, 0) is 21.9 Å². The van der Waals surface area contributed by atoms with Gasteiger partial charge in [0.1, 0.15) is 0 Å². The van der Waals surface area contributed by atoms with Gasteiger partial charge >= 0.3 is 11.9 Å². The molecule has 180 valence electrons. The molecule has 6 nitrogen and oxygen atoms in total. The molecule has 0 aliphatic rings. The molecule has 0 spiro atoms. The molecule has 0 amide bonds. The number of rotatable bonds is 10. The molecule has 0 fully saturated rings. The van der Waals surface area contributed by atoms with Crippen molar-refractivity contribution in [3.05, 3.63) is 99.5 Å². The summed E-state index contributed by atoms with van der Waals surface area (Å²) in [5.74, 6) is -1.65. The Kier molecular flexibility index (Phi) is 12.4. The van der Waals surface area contributed by atoms with Crippen molar-refractivity contribution < 1.29 is 19.8 Å². The van der Waals surface area contributed by atoms with E-state index < -0.39 is 11.9 Å². The van der Waals surface area contributed by atoms with Crippen molar-refractivity contribution in [3.63, 3.8) is 0 Å². The Morgan fingerprint density at radius 2 is 1.65 bits per heavy atom. The third kappa shape index (κ3) is 10.9. The molecule has 0 aliphatic carbocycles. The van der Waals surface area contributed by atoms with E-state index in [1.165, 1.54) is 5.56 Å². The van der Waals surface area contributed by atoms with Gasteiger partial charge in [-0.25, -0.2) is 14.6 Å². The van der Waals surface area contributed by atoms with E-state index in [4.69, 9.17) is 45.0 Å². The van der Waals surface area contributed by atoms with Gasteiger partial charge in [0.05, 0.1) is 6.33 Å². The zero-order chi connectivity index (χ0) is 24.9. The largest absolute Gasteiger partial charge is 0.478 e. The summed E-state index contributed by atoms with van der Waals surface area (Å²) >= 11 is 22.0. The number of imidazole rings is 1. The predicted molar refractivity (Wildman–Crippen MR) is 141 cm³/mol. The number of benzene rings is 2. The predicted octanol–water partition coefficient (Wildman–Crippen LogP) is 6.92. The van der Waals surface area contributed by atoms with E-state index in [0.29, 0.717) is 22.4 Å². The van der Waals surface area contributed by atoms with Crippen LogP contribution < -0.4 is 0 Å². The fourth-order valence-electron chi connectivity index (χ4n) is 2.58. The second-order valence-electron chi connectivity index (χ2n) is 6.68. The Labute approximate surface area is 220 Å². The number of aliphatic carboxylic acids is 2. The van der Waals surface area contributed by atoms with Crippen molar-refractivity contribution in [1.82, 2.24) is 9.55 Å². The molecular formula is C23H21Cl3N2O4S2. The maximum Gasteiger partial charge on any atom is 0.328 e. The normalized spacial score (nSPS) is 11.6. The lowest BCUT2D eigenvalue weighted by molar-refractivity contribution is -0.134. The van der Waals surface area contributed by atoms with Crippen molar-refractivity contribution in [2.45, 2.75) is 17.5 Å². The Morgan fingerprint density at radius 1 is 1.00 bits per heavy atom. The molecule has 0 bridgehead atoms. The molecular weight excluding hydrogens is 539 g/mol. The van der Waals surface area contributed by atoms with Crippen LogP contribution in [0.4, 0.5) is 0 Å². The van der Waals surface area contributed by atoms with E-state index in [9.17, 15) is 9.59 Å². The summed E-state index contributed by atoms with van der Waals surface area (Å²) < 4.78 is 2.10. The molecule has 0 saturated heterocycles. The molecule has 0 saturated carbocycles. The van der Waals surface area contributed by atoms with Crippen LogP contribution in [0.25, 0.3) is 0 Å². The highest BCUT2D eigenvalue weighted by molar-refractivity contribution is 8.15. The van der Waals surface area contributed by atoms with Gasteiger partial charge in [-0.15, -0.1) is 23.5 Å². The minimum atomic E-state index is -1.26. The minimum Gasteiger partial charge on any atom is -0.478 e. The molecule has 3 rings (SSSR count). The summed E-state index contributed by atoms with van der Waals surface area (Å²) in [7, 11) is 0. The number of carbonyl (C=O) groups is 2. The first-order chi connectivity index (χ1) is 16.2. The Bertz CT molecular complexity index is 1080. The lowest BCUT2D eigenvalue weighted by Crippen LogP contribution is -2.05. The van der Waals surface area contributed by atoms with Gasteiger partial charge in [0.2, 0.25) is 0 Å². The Morgan fingerprint density at radius 3 is 2.21 bits per heavy atom. The number of aromatic nitrogens is 2. The van der Waals surface area contributed by atoms with Crippen LogP contribution in [0.2, 0.25) is 15.1 Å². The van der Waals surface area contributed by atoms with Gasteiger partial charge < -0.3 is 14.8 Å². The summed E-state index contributed by atoms with van der Waals surface area (Å²) in [6.07, 6.45) is 6.76. The highest BCUT2D eigenvalue weighted by atomic mass is 35.5. The average molecular weight is 560 g/mol. The summed E-state index contributed by atoms with van der Waals surface area (Å²) in [5.41, 5.74) is 2.37. The molecule has 1 atom stereocenters. The maximum absolute atomic E-state index is 9.55. The van der Waals surface area contributed by atoms with Gasteiger partial charge in [0.25, 0.3) is 0 Å². The van der Waals surface area contributed by atoms with Gasteiger partial charge in [0, 0.05) is 62.2 Å². The van der Waals surface area contributed by atoms with Crippen LogP contribution in [0, 0.1) is 0 Å². The highest BCUT2D eigenvalue weighted by Crippen LogP contribution is 2.35. The topological polar surface area (TPSA) is 92.4 Å². The number of carboxylic acids is 2. The molecule has 1 aromatic heterocycles. The zero-order valence-corrected chi connectivity index (χ0v) is 21.6. The Balaban J connectivity index is 0.000000440. The average Bonchev–Trinajstić information content (AvgIpc) is 3.30. The van der Waals surface area contributed by atoms with Gasteiger partial charge in [-0.05, 0) is 35.4 Å². The number of hydrogen-bond acceptors (Lipinski definition) is 5. The van der Waals surface area contributed by atoms with Crippen LogP contribution in [0.3, 0.4) is 0 Å². The summed E-state index contributed by atoms with van der Waals surface area (Å²) in [5, 5.41) is 19.1. The van der Waals surface area contributed by atoms with Crippen LogP contribution in [0.1, 0.15) is 16.4 Å². The van der Waals surface area contributed by atoms with E-state index in [1.807, 2.05) is 60.3 Å². The lowest BCUT2D eigenvalue weighted by Gasteiger charge is -2.18. The monoisotopic (exact) mass is 558 g/mol. The molecule has 1 heterocycles. The summed E-state index contributed by atoms with van der Waals surface area (Å²) in [6, 6.07) is 13.7. The fourth-order valence-corrected chi connectivity index (χ4v) is 5.74. The lowest BCUT2D eigenvalue weighted by atomic mass is 10.1. The molecule has 3 aromatic rings. The first-order valence-electron chi connectivity index (χ1n) is 9.73. The van der Waals surface area contributed by atoms with E-state index in [-0.39, 0.29) is 0 Å². The van der Waals surface area contributed by atoms with Crippen LogP contribution >= 0.6 is 58.3 Å². The maximum atomic E-state index is 9.55. The van der Waals surface area contributed by atoms with Crippen LogP contribution in [0.5, 0.6) is 0 Å². The molecule has 2 aromatic carbocycles. The first-order valence-corrected chi connectivity index (χ1v) is 13.1. The second kappa shape index (κ2) is 15.0. The number of thioether (sulfide) groups is 2. The Hall–Kier alpha value is -2.10. The van der Waals surface area contributed by atoms with E-state index in [0.717, 1.165) is 33.0 Å². The molecule has 2 N–H and O–H groups in total. The van der Waals surface area contributed by atoms with Gasteiger partial charge in [0.15, 0.2) is 0 Å². The van der Waals surface area contributed by atoms with Crippen LogP contribution in [-0.4, -0.2) is 36.8 Å². The fraction of sp³-hybridized carbons (Fsp3) is 0.174. The van der Waals surface area contributed by atoms with Crippen molar-refractivity contribution in [3.8, 4) is 0 Å². The summed E-state index contributed by atoms with van der Waals surface area (Å²) in [6.45, 7) is 0.870. The standard InChI is InChI=1S/C19H17Cl3N2S2.C4H4O4/c20-16-4-1-14(2-5-16)19(10-24-8-7-23-12-24)26-13-25-11-15-3-6-17(21)9-18(15)22;5-3(6)1-2-4(7)8/h1-9,12,19H,10-11,13H2;1-2H,(H,5,6)(H,7,8)/b;2-1+. The van der Waals surface area contributed by atoms with Crippen molar-refractivity contribution in [1.29, 1.82) is 0 Å². The van der Waals surface area contributed by atoms with Crippen molar-refractivity contribution in [2.75, 3.05) is 5.08 Å². The highest BCUT2D eigenvalue weighted by Gasteiger charge is 2.13. The SMILES string of the molecule is Clc1ccc(C(Cn2ccnc2)SCSCc2ccc(Cl)cc2Cl)cc1.O=C(O)/C=C/C(=O)O. The van der Waals surface area contributed by atoms with Gasteiger partial charge in [-0.3, -0.25) is 0 Å². The first kappa shape index (κ1) is 28.1.